The van der Waals surface area contributed by atoms with Gasteiger partial charge in [-0.2, -0.15) is 0 Å². The van der Waals surface area contributed by atoms with Gasteiger partial charge in [0, 0.05) is 51.4 Å². The Morgan fingerprint density at radius 3 is 2.63 bits per heavy atom. The lowest BCUT2D eigenvalue weighted by molar-refractivity contribution is -0.126. The summed E-state index contributed by atoms with van der Waals surface area (Å²) in [5, 5.41) is 6.57. The van der Waals surface area contributed by atoms with Crippen molar-refractivity contribution >= 4 is 5.91 Å². The zero-order valence-corrected chi connectivity index (χ0v) is 11.9. The Morgan fingerprint density at radius 2 is 1.95 bits per heavy atom. The molecule has 1 saturated carbocycles. The first-order valence-corrected chi connectivity index (χ1v) is 7.73. The number of carbonyl (C=O) groups excluding carboxylic acids is 1. The Balaban J connectivity index is 1.44. The highest BCUT2D eigenvalue weighted by Crippen LogP contribution is 2.29. The van der Waals surface area contributed by atoms with Crippen molar-refractivity contribution in [3.63, 3.8) is 0 Å². The van der Waals surface area contributed by atoms with Gasteiger partial charge in [0.25, 0.3) is 0 Å². The number of rotatable bonds is 4. The second-order valence-corrected chi connectivity index (χ2v) is 6.18. The van der Waals surface area contributed by atoms with Crippen LogP contribution in [0, 0.1) is 0 Å². The van der Waals surface area contributed by atoms with Crippen LogP contribution in [-0.4, -0.2) is 73.1 Å². The van der Waals surface area contributed by atoms with Crippen LogP contribution in [0.1, 0.15) is 26.2 Å². The fraction of sp³-hybridized carbons (Fsp3) is 0.929. The van der Waals surface area contributed by atoms with E-state index in [1.807, 2.05) is 6.92 Å². The minimum Gasteiger partial charge on any atom is -0.351 e. The molecule has 5 nitrogen and oxygen atoms in total. The smallest absolute Gasteiger partial charge is 0.237 e. The summed E-state index contributed by atoms with van der Waals surface area (Å²) < 4.78 is 0. The Morgan fingerprint density at radius 1 is 1.21 bits per heavy atom. The Kier molecular flexibility index (Phi) is 4.05. The van der Waals surface area contributed by atoms with E-state index in [-0.39, 0.29) is 11.9 Å². The van der Waals surface area contributed by atoms with Gasteiger partial charge in [-0.25, -0.2) is 0 Å². The monoisotopic (exact) mass is 266 g/mol. The van der Waals surface area contributed by atoms with Crippen LogP contribution in [0.3, 0.4) is 0 Å². The van der Waals surface area contributed by atoms with Crippen LogP contribution >= 0.6 is 0 Å². The van der Waals surface area contributed by atoms with Gasteiger partial charge in [0.05, 0.1) is 6.04 Å². The molecule has 0 radical (unpaired) electrons. The summed E-state index contributed by atoms with van der Waals surface area (Å²) >= 11 is 0. The molecule has 2 unspecified atom stereocenters. The topological polar surface area (TPSA) is 47.6 Å². The van der Waals surface area contributed by atoms with E-state index in [0.29, 0.717) is 6.04 Å². The van der Waals surface area contributed by atoms with Gasteiger partial charge in [-0.05, 0) is 26.2 Å². The van der Waals surface area contributed by atoms with E-state index in [2.05, 4.69) is 20.4 Å². The molecule has 108 valence electrons. The molecule has 2 heterocycles. The Hall–Kier alpha value is -0.650. The Labute approximate surface area is 115 Å². The molecule has 2 saturated heterocycles. The van der Waals surface area contributed by atoms with E-state index >= 15 is 0 Å². The van der Waals surface area contributed by atoms with E-state index in [9.17, 15) is 4.79 Å². The molecule has 2 N–H and O–H groups in total. The largest absolute Gasteiger partial charge is 0.351 e. The molecule has 2 atom stereocenters. The first-order chi connectivity index (χ1) is 9.24. The lowest BCUT2D eigenvalue weighted by atomic mass is 10.2. The lowest BCUT2D eigenvalue weighted by Crippen LogP contribution is -2.54. The molecular formula is C14H26N4O. The third-order valence-electron chi connectivity index (χ3n) is 4.71. The highest BCUT2D eigenvalue weighted by atomic mass is 16.2. The number of nitrogens with one attached hydrogen (secondary N) is 2. The highest BCUT2D eigenvalue weighted by molar-refractivity contribution is 5.81. The van der Waals surface area contributed by atoms with Gasteiger partial charge in [-0.15, -0.1) is 0 Å². The summed E-state index contributed by atoms with van der Waals surface area (Å²) in [6, 6.07) is 1.21. The minimum atomic E-state index is 0.0112. The van der Waals surface area contributed by atoms with Crippen LogP contribution in [-0.2, 0) is 4.79 Å². The molecule has 0 aromatic heterocycles. The van der Waals surface area contributed by atoms with Crippen molar-refractivity contribution in [2.24, 2.45) is 0 Å². The van der Waals surface area contributed by atoms with Gasteiger partial charge in [0.2, 0.25) is 5.91 Å². The zero-order valence-electron chi connectivity index (χ0n) is 11.9. The summed E-state index contributed by atoms with van der Waals surface area (Å²) in [6.45, 7) is 8.21. The molecule has 0 aromatic carbocycles. The van der Waals surface area contributed by atoms with E-state index in [0.717, 1.165) is 51.7 Å². The summed E-state index contributed by atoms with van der Waals surface area (Å²) in [5.41, 5.74) is 0. The van der Waals surface area contributed by atoms with E-state index in [1.165, 1.54) is 12.8 Å². The molecule has 0 spiro atoms. The first-order valence-electron chi connectivity index (χ1n) is 7.73. The van der Waals surface area contributed by atoms with Crippen molar-refractivity contribution in [3.8, 4) is 0 Å². The van der Waals surface area contributed by atoms with Crippen LogP contribution in [0.4, 0.5) is 0 Å². The molecule has 3 aliphatic rings. The minimum absolute atomic E-state index is 0.0112. The van der Waals surface area contributed by atoms with Crippen LogP contribution < -0.4 is 10.6 Å². The molecule has 3 rings (SSSR count). The maximum Gasteiger partial charge on any atom is 0.237 e. The molecule has 2 aliphatic heterocycles. The van der Waals surface area contributed by atoms with E-state index < -0.39 is 0 Å². The molecule has 1 amide bonds. The molecular weight excluding hydrogens is 240 g/mol. The molecule has 3 fully saturated rings. The maximum absolute atomic E-state index is 12.3. The first kappa shape index (κ1) is 13.3. The number of carbonyl (C=O) groups is 1. The van der Waals surface area contributed by atoms with Crippen LogP contribution in [0.2, 0.25) is 0 Å². The van der Waals surface area contributed by atoms with Gasteiger partial charge in [0.1, 0.15) is 0 Å². The molecule has 5 heteroatoms. The van der Waals surface area contributed by atoms with Crippen molar-refractivity contribution < 1.29 is 4.79 Å². The molecule has 1 aliphatic carbocycles. The third-order valence-corrected chi connectivity index (χ3v) is 4.71. The van der Waals surface area contributed by atoms with Crippen LogP contribution in [0.25, 0.3) is 0 Å². The van der Waals surface area contributed by atoms with E-state index in [1.54, 1.807) is 0 Å². The fourth-order valence-electron chi connectivity index (χ4n) is 3.23. The normalized spacial score (nSPS) is 31.3. The van der Waals surface area contributed by atoms with E-state index in [4.69, 9.17) is 0 Å². The average Bonchev–Trinajstić information content (AvgIpc) is 3.20. The Bertz CT molecular complexity index is 325. The lowest BCUT2D eigenvalue weighted by Gasteiger charge is -2.32. The number of likely N-dealkylation sites (tertiary alicyclic amines) is 1. The number of hydrogen-bond donors (Lipinski definition) is 2. The summed E-state index contributed by atoms with van der Waals surface area (Å²) in [5.74, 6) is 0.213. The van der Waals surface area contributed by atoms with Crippen molar-refractivity contribution in [2.75, 3.05) is 39.3 Å². The number of hydrogen-bond acceptors (Lipinski definition) is 4. The highest BCUT2D eigenvalue weighted by Gasteiger charge is 2.35. The predicted octanol–water partition coefficient (Wildman–Crippen LogP) is -0.367. The van der Waals surface area contributed by atoms with Gasteiger partial charge in [-0.3, -0.25) is 14.6 Å². The molecule has 0 aromatic rings. The number of piperazine rings is 1. The fourth-order valence-corrected chi connectivity index (χ4v) is 3.23. The van der Waals surface area contributed by atoms with Crippen molar-refractivity contribution in [2.45, 2.75) is 44.3 Å². The predicted molar refractivity (Wildman–Crippen MR) is 75.0 cm³/mol. The number of nitrogens with zero attached hydrogens (tertiary/aromatic N) is 2. The van der Waals surface area contributed by atoms with Crippen molar-refractivity contribution in [1.82, 2.24) is 20.4 Å². The van der Waals surface area contributed by atoms with Crippen LogP contribution in [0.5, 0.6) is 0 Å². The quantitative estimate of drug-likeness (QED) is 0.729. The average molecular weight is 266 g/mol. The van der Waals surface area contributed by atoms with Crippen LogP contribution in [0.15, 0.2) is 0 Å². The standard InChI is InChI=1S/C14H26N4O/c1-11(17-8-5-15-6-9-17)14(19)16-12-4-7-18(10-12)13-2-3-13/h11-13,15H,2-10H2,1H3,(H,16,19). The van der Waals surface area contributed by atoms with Gasteiger partial charge in [0.15, 0.2) is 0 Å². The third kappa shape index (κ3) is 3.27. The van der Waals surface area contributed by atoms with Gasteiger partial charge < -0.3 is 10.6 Å². The molecule has 19 heavy (non-hydrogen) atoms. The van der Waals surface area contributed by atoms with Crippen molar-refractivity contribution in [3.05, 3.63) is 0 Å². The molecule has 0 bridgehead atoms. The maximum atomic E-state index is 12.3. The second-order valence-electron chi connectivity index (χ2n) is 6.18. The zero-order chi connectivity index (χ0) is 13.2. The summed E-state index contributed by atoms with van der Waals surface area (Å²) in [6.07, 6.45) is 3.84. The summed E-state index contributed by atoms with van der Waals surface area (Å²) in [4.78, 5) is 17.1. The van der Waals surface area contributed by atoms with Crippen molar-refractivity contribution in [1.29, 1.82) is 0 Å². The second kappa shape index (κ2) is 5.77. The summed E-state index contributed by atoms with van der Waals surface area (Å²) in [7, 11) is 0. The number of amides is 1. The van der Waals surface area contributed by atoms with Gasteiger partial charge >= 0.3 is 0 Å². The SMILES string of the molecule is CC(C(=O)NC1CCN(C2CC2)C1)N1CCNCC1. The van der Waals surface area contributed by atoms with Gasteiger partial charge in [-0.1, -0.05) is 0 Å².